The van der Waals surface area contributed by atoms with E-state index in [1.165, 1.54) is 0 Å². The average molecular weight is 168 g/mol. The van der Waals surface area contributed by atoms with Crippen molar-refractivity contribution in [2.75, 3.05) is 0 Å². The summed E-state index contributed by atoms with van der Waals surface area (Å²) in [7, 11) is -4.17. The van der Waals surface area contributed by atoms with Gasteiger partial charge in [-0.1, -0.05) is 6.58 Å². The molecule has 10 heavy (non-hydrogen) atoms. The van der Waals surface area contributed by atoms with Crippen LogP contribution in [0.4, 0.5) is 0 Å². The zero-order valence-electron chi connectivity index (χ0n) is 5.02. The van der Waals surface area contributed by atoms with Gasteiger partial charge in [0, 0.05) is 0 Å². The third kappa shape index (κ3) is 224. The molecule has 0 aromatic rings. The molecule has 0 bridgehead atoms. The molecule has 0 fully saturated rings. The highest BCUT2D eigenvalue weighted by Gasteiger charge is 1.81. The van der Waals surface area contributed by atoms with Crippen LogP contribution in [0, 0.1) is 0 Å². The predicted molar refractivity (Wildman–Crippen MR) is 35.1 cm³/mol. The van der Waals surface area contributed by atoms with Crippen LogP contribution in [0.25, 0.3) is 0 Å². The van der Waals surface area contributed by atoms with Gasteiger partial charge in [-0.3, -0.25) is 9.35 Å². The Morgan fingerprint density at radius 1 is 1.60 bits per heavy atom. The quantitative estimate of drug-likeness (QED) is 0.322. The molecule has 0 heterocycles. The van der Waals surface area contributed by atoms with Crippen LogP contribution in [0.5, 0.6) is 0 Å². The molecule has 0 saturated heterocycles. The molecular weight excluding hydrogens is 160 g/mol. The fourth-order valence-corrected chi connectivity index (χ4v) is 0. The number of carbonyl (C=O) groups excluding carboxylic acids is 1. The van der Waals surface area contributed by atoms with Crippen molar-refractivity contribution in [1.29, 1.82) is 0 Å². The van der Waals surface area contributed by atoms with E-state index in [2.05, 4.69) is 17.5 Å². The lowest BCUT2D eigenvalue weighted by atomic mass is 10.6. The second-order valence-electron chi connectivity index (χ2n) is 1.12. The van der Waals surface area contributed by atoms with Crippen molar-refractivity contribution in [2.45, 2.75) is 0 Å². The number of amides is 1. The Morgan fingerprint density at radius 3 is 1.70 bits per heavy atom. The fraction of sp³-hybridized carbons (Fsp3) is 0. The Morgan fingerprint density at radius 2 is 1.70 bits per heavy atom. The zero-order chi connectivity index (χ0) is 8.78. The predicted octanol–water partition coefficient (Wildman–Crippen LogP) is -1.59. The van der Waals surface area contributed by atoms with Gasteiger partial charge in [0.05, 0.1) is 0 Å². The number of carbonyl (C=O) groups is 1. The van der Waals surface area contributed by atoms with E-state index in [9.17, 15) is 4.79 Å². The second-order valence-corrected chi connectivity index (χ2v) is 2.15. The maximum absolute atomic E-state index is 9.47. The molecule has 1 amide bonds. The van der Waals surface area contributed by atoms with Crippen molar-refractivity contribution in [1.82, 2.24) is 0 Å². The Balaban J connectivity index is 0. The summed E-state index contributed by atoms with van der Waals surface area (Å²) in [4.78, 5) is 9.47. The van der Waals surface area contributed by atoms with E-state index in [-0.39, 0.29) is 0 Å². The lowest BCUT2D eigenvalue weighted by molar-refractivity contribution is -0.113. The van der Waals surface area contributed by atoms with Crippen LogP contribution in [0.2, 0.25) is 0 Å². The Bertz CT molecular complexity index is 199. The summed E-state index contributed by atoms with van der Waals surface area (Å²) in [5.41, 5.74) is 4.53. The van der Waals surface area contributed by atoms with Crippen molar-refractivity contribution >= 4 is 16.2 Å². The van der Waals surface area contributed by atoms with E-state index in [0.717, 1.165) is 6.08 Å². The highest BCUT2D eigenvalue weighted by atomic mass is 32.2. The van der Waals surface area contributed by atoms with Crippen LogP contribution >= 0.6 is 0 Å². The molecule has 0 aliphatic carbocycles. The first-order valence-corrected chi connectivity index (χ1v) is 3.44. The molecular formula is C3H8N2O4S. The van der Waals surface area contributed by atoms with Gasteiger partial charge in [0.15, 0.2) is 0 Å². The maximum Gasteiger partial charge on any atom is 0.330 e. The number of primary amides is 1. The van der Waals surface area contributed by atoms with Crippen molar-refractivity contribution in [3.8, 4) is 0 Å². The minimum atomic E-state index is -4.17. The standard InChI is InChI=1S/C3H5NO.H3NO3S/c1-2-3(4)5;1-5(2,3)4/h2H,1H2,(H2,4,5);(H3,1,2,3,4). The topological polar surface area (TPSA) is 123 Å². The van der Waals surface area contributed by atoms with Crippen molar-refractivity contribution in [2.24, 2.45) is 10.9 Å². The molecule has 0 atom stereocenters. The smallest absolute Gasteiger partial charge is 0.330 e. The molecule has 6 nitrogen and oxygen atoms in total. The molecule has 0 spiro atoms. The molecule has 0 unspecified atom stereocenters. The van der Waals surface area contributed by atoms with Gasteiger partial charge in [-0.2, -0.15) is 8.42 Å². The molecule has 0 aliphatic heterocycles. The lowest BCUT2D eigenvalue weighted by Gasteiger charge is -1.70. The average Bonchev–Trinajstić information content (AvgIpc) is 1.61. The lowest BCUT2D eigenvalue weighted by Crippen LogP contribution is -2.08. The van der Waals surface area contributed by atoms with Crippen molar-refractivity contribution in [3.05, 3.63) is 12.7 Å². The van der Waals surface area contributed by atoms with Gasteiger partial charge >= 0.3 is 10.3 Å². The summed E-state index contributed by atoms with van der Waals surface area (Å²) in [5.74, 6) is -0.481. The molecule has 0 aromatic heterocycles. The minimum Gasteiger partial charge on any atom is -0.366 e. The first-order valence-electron chi connectivity index (χ1n) is 1.94. The largest absolute Gasteiger partial charge is 0.366 e. The Kier molecular flexibility index (Phi) is 5.81. The molecule has 0 saturated carbocycles. The van der Waals surface area contributed by atoms with Gasteiger partial charge in [-0.25, -0.2) is 5.14 Å². The first-order chi connectivity index (χ1) is 4.27. The van der Waals surface area contributed by atoms with Crippen LogP contribution < -0.4 is 10.9 Å². The van der Waals surface area contributed by atoms with Crippen LogP contribution in [0.1, 0.15) is 0 Å². The Hall–Kier alpha value is -0.920. The molecule has 7 heteroatoms. The van der Waals surface area contributed by atoms with E-state index in [1.54, 1.807) is 0 Å². The molecule has 0 aliphatic rings. The molecule has 60 valence electrons. The monoisotopic (exact) mass is 168 g/mol. The van der Waals surface area contributed by atoms with Gasteiger partial charge in [0.25, 0.3) is 0 Å². The zero-order valence-corrected chi connectivity index (χ0v) is 5.84. The van der Waals surface area contributed by atoms with Crippen molar-refractivity contribution in [3.63, 3.8) is 0 Å². The van der Waals surface area contributed by atoms with Gasteiger partial charge in [-0.15, -0.1) is 0 Å². The SMILES string of the molecule is C=CC(N)=O.NS(=O)(=O)O. The summed E-state index contributed by atoms with van der Waals surface area (Å²) < 4.78 is 25.2. The molecule has 0 aromatic carbocycles. The third-order valence-corrected chi connectivity index (χ3v) is 0.201. The minimum absolute atomic E-state index is 0.481. The summed E-state index contributed by atoms with van der Waals surface area (Å²) in [6.45, 7) is 3.09. The summed E-state index contributed by atoms with van der Waals surface area (Å²) in [6.07, 6.45) is 1.06. The first kappa shape index (κ1) is 11.8. The highest BCUT2D eigenvalue weighted by molar-refractivity contribution is 7.83. The maximum atomic E-state index is 9.47. The van der Waals surface area contributed by atoms with Gasteiger partial charge in [-0.05, 0) is 6.08 Å². The summed E-state index contributed by atoms with van der Waals surface area (Å²) in [5, 5.41) is 3.88. The van der Waals surface area contributed by atoms with Gasteiger partial charge in [0.2, 0.25) is 5.91 Å². The van der Waals surface area contributed by atoms with E-state index in [4.69, 9.17) is 13.0 Å². The summed E-state index contributed by atoms with van der Waals surface area (Å²) >= 11 is 0. The van der Waals surface area contributed by atoms with Gasteiger partial charge in [0.1, 0.15) is 0 Å². The molecule has 0 rings (SSSR count). The van der Waals surface area contributed by atoms with E-state index in [1.807, 2.05) is 0 Å². The fourth-order valence-electron chi connectivity index (χ4n) is 0. The number of nitrogens with two attached hydrogens (primary N) is 2. The second kappa shape index (κ2) is 4.91. The Labute approximate surface area is 58.4 Å². The van der Waals surface area contributed by atoms with Crippen molar-refractivity contribution < 1.29 is 17.8 Å². The van der Waals surface area contributed by atoms with Crippen LogP contribution in [-0.4, -0.2) is 18.9 Å². The summed E-state index contributed by atoms with van der Waals surface area (Å²) in [6, 6.07) is 0. The molecule has 0 radical (unpaired) electrons. The number of hydrogen-bond donors (Lipinski definition) is 3. The van der Waals surface area contributed by atoms with E-state index < -0.39 is 16.2 Å². The molecule has 5 N–H and O–H groups in total. The number of rotatable bonds is 1. The van der Waals surface area contributed by atoms with E-state index in [0.29, 0.717) is 0 Å². The van der Waals surface area contributed by atoms with E-state index >= 15 is 0 Å². The van der Waals surface area contributed by atoms with Crippen LogP contribution in [-0.2, 0) is 15.1 Å². The van der Waals surface area contributed by atoms with Gasteiger partial charge < -0.3 is 5.73 Å². The number of hydrogen-bond acceptors (Lipinski definition) is 3. The van der Waals surface area contributed by atoms with Crippen LogP contribution in [0.3, 0.4) is 0 Å². The van der Waals surface area contributed by atoms with Crippen LogP contribution in [0.15, 0.2) is 12.7 Å². The third-order valence-electron chi connectivity index (χ3n) is 0.201. The highest BCUT2D eigenvalue weighted by Crippen LogP contribution is 1.50. The normalized spacial score (nSPS) is 9.00.